The fraction of sp³-hybridized carbons (Fsp3) is 0.0769. The van der Waals surface area contributed by atoms with Gasteiger partial charge in [-0.05, 0) is 48.5 Å². The number of aliphatic hydroxyl groups excluding tert-OH is 1. The van der Waals surface area contributed by atoms with Crippen molar-refractivity contribution in [2.45, 2.75) is 0 Å². The summed E-state index contributed by atoms with van der Waals surface area (Å²) in [6.45, 7) is 0. The van der Waals surface area contributed by atoms with Crippen molar-refractivity contribution in [3.8, 4) is 0 Å². The predicted molar refractivity (Wildman–Crippen MR) is 131 cm³/mol. The molecule has 3 aromatic carbocycles. The third-order valence-electron chi connectivity index (χ3n) is 4.84. The number of Topliss-reactive ketones (excluding diaryl/α,β-unsaturated/α-hetero) is 1. The predicted octanol–water partition coefficient (Wildman–Crippen LogP) is 4.79. The zero-order chi connectivity index (χ0) is 24.7. The second kappa shape index (κ2) is 11.1. The lowest BCUT2D eigenvalue weighted by molar-refractivity contribution is -0.134. The van der Waals surface area contributed by atoms with Gasteiger partial charge in [0.1, 0.15) is 11.3 Å². The number of ether oxygens (including phenoxy) is 1. The number of halogens is 1. The molecule has 0 spiro atoms. The summed E-state index contributed by atoms with van der Waals surface area (Å²) in [6, 6.07) is 22.7. The summed E-state index contributed by atoms with van der Waals surface area (Å²) in [5.41, 5.74) is -0.175. The lowest BCUT2D eigenvalue weighted by Crippen LogP contribution is -2.37. The number of carbonyl (C=O) groups excluding carboxylic acids is 3. The molecule has 0 heterocycles. The third kappa shape index (κ3) is 5.57. The Labute approximate surface area is 201 Å². The van der Waals surface area contributed by atoms with E-state index in [4.69, 9.17) is 16.3 Å². The molecular formula is C26H21ClN2O5. The van der Waals surface area contributed by atoms with E-state index in [1.807, 2.05) is 0 Å². The first-order chi connectivity index (χ1) is 16.3. The molecule has 0 saturated heterocycles. The van der Waals surface area contributed by atoms with E-state index in [1.54, 1.807) is 60.7 Å². The highest BCUT2D eigenvalue weighted by molar-refractivity contribution is 6.62. The number of hydrogen-bond acceptors (Lipinski definition) is 6. The Morgan fingerprint density at radius 1 is 0.882 bits per heavy atom. The van der Waals surface area contributed by atoms with Gasteiger partial charge < -0.3 is 14.7 Å². The highest BCUT2D eigenvalue weighted by Gasteiger charge is 2.34. The van der Waals surface area contributed by atoms with Crippen LogP contribution < -0.4 is 4.90 Å². The Bertz CT molecular complexity index is 1250. The first kappa shape index (κ1) is 24.4. The maximum atomic E-state index is 13.5. The lowest BCUT2D eigenvalue weighted by Gasteiger charge is -2.18. The van der Waals surface area contributed by atoms with Gasteiger partial charge >= 0.3 is 5.97 Å². The van der Waals surface area contributed by atoms with E-state index in [-0.39, 0.29) is 5.56 Å². The van der Waals surface area contributed by atoms with Crippen LogP contribution >= 0.6 is 11.6 Å². The average Bonchev–Trinajstić information content (AvgIpc) is 2.88. The van der Waals surface area contributed by atoms with Crippen molar-refractivity contribution in [3.05, 3.63) is 101 Å². The number of para-hydroxylation sites is 2. The van der Waals surface area contributed by atoms with Gasteiger partial charge in [0.25, 0.3) is 11.7 Å². The molecule has 172 valence electrons. The normalized spacial score (nSPS) is 11.9. The van der Waals surface area contributed by atoms with Crippen molar-refractivity contribution in [2.75, 3.05) is 19.1 Å². The Hall–Kier alpha value is -4.23. The number of ketones is 1. The number of esters is 1. The zero-order valence-corrected chi connectivity index (χ0v) is 19.2. The van der Waals surface area contributed by atoms with Crippen molar-refractivity contribution < 1.29 is 24.2 Å². The van der Waals surface area contributed by atoms with Crippen LogP contribution in [0.15, 0.2) is 95.5 Å². The second-order valence-corrected chi connectivity index (χ2v) is 7.48. The average molecular weight is 477 g/mol. The van der Waals surface area contributed by atoms with Gasteiger partial charge in [-0.15, -0.1) is 0 Å². The summed E-state index contributed by atoms with van der Waals surface area (Å²) in [7, 11) is 2.53. The van der Waals surface area contributed by atoms with E-state index in [0.717, 1.165) is 12.0 Å². The van der Waals surface area contributed by atoms with E-state index in [1.165, 1.54) is 31.3 Å². The van der Waals surface area contributed by atoms with Crippen LogP contribution in [0.3, 0.4) is 0 Å². The van der Waals surface area contributed by atoms with Crippen molar-refractivity contribution >= 4 is 52.1 Å². The van der Waals surface area contributed by atoms with Crippen LogP contribution in [0.1, 0.15) is 5.56 Å². The van der Waals surface area contributed by atoms with Crippen LogP contribution in [0, 0.1) is 0 Å². The quantitative estimate of drug-likeness (QED) is 0.174. The first-order valence-corrected chi connectivity index (χ1v) is 10.5. The number of likely N-dealkylation sites (N-methyl/N-ethyl adjacent to an activating group) is 1. The van der Waals surface area contributed by atoms with Gasteiger partial charge in [0.05, 0.1) is 12.8 Å². The van der Waals surface area contributed by atoms with E-state index in [9.17, 15) is 19.5 Å². The number of amides is 1. The molecule has 0 fully saturated rings. The van der Waals surface area contributed by atoms with Gasteiger partial charge in [0, 0.05) is 23.3 Å². The fourth-order valence-electron chi connectivity index (χ4n) is 3.04. The molecule has 0 bridgehead atoms. The number of benzene rings is 3. The van der Waals surface area contributed by atoms with Gasteiger partial charge in [-0.25, -0.2) is 9.79 Å². The summed E-state index contributed by atoms with van der Waals surface area (Å²) < 4.78 is 4.83. The fourth-order valence-corrected chi connectivity index (χ4v) is 3.17. The summed E-state index contributed by atoms with van der Waals surface area (Å²) in [6.07, 6.45) is 0. The van der Waals surface area contributed by atoms with Crippen LogP contribution in [0.2, 0.25) is 5.02 Å². The largest absolute Gasteiger partial charge is 0.506 e. The van der Waals surface area contributed by atoms with E-state index >= 15 is 0 Å². The number of nitrogens with zero attached hydrogens (tertiary/aromatic N) is 2. The number of carbonyl (C=O) groups is 3. The molecule has 0 unspecified atom stereocenters. The van der Waals surface area contributed by atoms with Crippen LogP contribution in [-0.2, 0) is 19.1 Å². The van der Waals surface area contributed by atoms with Crippen molar-refractivity contribution in [2.24, 2.45) is 4.99 Å². The third-order valence-corrected chi connectivity index (χ3v) is 5.09. The van der Waals surface area contributed by atoms with Gasteiger partial charge in [-0.3, -0.25) is 9.59 Å². The van der Waals surface area contributed by atoms with Crippen LogP contribution in [0.25, 0.3) is 5.76 Å². The molecule has 7 nitrogen and oxygen atoms in total. The molecule has 3 rings (SSSR count). The number of methoxy groups -OCH3 is 1. The smallest absolute Gasteiger partial charge is 0.357 e. The van der Waals surface area contributed by atoms with Crippen molar-refractivity contribution in [3.63, 3.8) is 0 Å². The molecule has 3 aromatic rings. The minimum Gasteiger partial charge on any atom is -0.506 e. The minimum atomic E-state index is -1.14. The zero-order valence-electron chi connectivity index (χ0n) is 18.4. The molecule has 0 aliphatic rings. The van der Waals surface area contributed by atoms with Gasteiger partial charge in [-0.2, -0.15) is 0 Å². The van der Waals surface area contributed by atoms with E-state index in [0.29, 0.717) is 16.4 Å². The number of anilines is 1. The minimum absolute atomic E-state index is 0.160. The molecule has 0 aliphatic carbocycles. The molecular weight excluding hydrogens is 456 g/mol. The molecule has 0 aromatic heterocycles. The molecule has 1 N–H and O–H groups in total. The SMILES string of the molecule is COC(=O)C(=Nc1ccccc1)/C(C(=O)C(=O)N(C)c1ccccc1)=C(/O)c1ccc(Cl)cc1. The number of hydrogen-bond donors (Lipinski definition) is 1. The summed E-state index contributed by atoms with van der Waals surface area (Å²) >= 11 is 5.94. The second-order valence-electron chi connectivity index (χ2n) is 7.05. The summed E-state index contributed by atoms with van der Waals surface area (Å²) in [4.78, 5) is 44.7. The summed E-state index contributed by atoms with van der Waals surface area (Å²) in [5.74, 6) is -3.73. The maximum absolute atomic E-state index is 13.5. The van der Waals surface area contributed by atoms with Gasteiger partial charge in [-0.1, -0.05) is 48.0 Å². The highest BCUT2D eigenvalue weighted by Crippen LogP contribution is 2.24. The molecule has 34 heavy (non-hydrogen) atoms. The van der Waals surface area contributed by atoms with Gasteiger partial charge in [0.15, 0.2) is 5.71 Å². The Morgan fingerprint density at radius 3 is 2.00 bits per heavy atom. The standard InChI is InChI=1S/C26H21ClN2O5/c1-29(20-11-7-4-8-12-20)25(32)24(31)21(23(30)17-13-15-18(27)16-14-17)22(26(33)34-2)28-19-9-5-3-6-10-19/h3-16,30H,1-2H3/b23-21-,28-22?. The Morgan fingerprint density at radius 2 is 1.44 bits per heavy atom. The number of aliphatic hydroxyl groups is 1. The molecule has 1 amide bonds. The highest BCUT2D eigenvalue weighted by atomic mass is 35.5. The molecule has 0 aliphatic heterocycles. The van der Waals surface area contributed by atoms with E-state index < -0.39 is 34.7 Å². The molecule has 0 radical (unpaired) electrons. The van der Waals surface area contributed by atoms with Crippen molar-refractivity contribution in [1.29, 1.82) is 0 Å². The molecule has 8 heteroatoms. The Kier molecular flexibility index (Phi) is 7.95. The maximum Gasteiger partial charge on any atom is 0.357 e. The monoisotopic (exact) mass is 476 g/mol. The topological polar surface area (TPSA) is 96.3 Å². The first-order valence-electron chi connectivity index (χ1n) is 10.1. The lowest BCUT2D eigenvalue weighted by atomic mass is 9.98. The summed E-state index contributed by atoms with van der Waals surface area (Å²) in [5, 5.41) is 11.5. The number of aliphatic imine (C=N–C) groups is 1. The number of rotatable bonds is 7. The van der Waals surface area contributed by atoms with Crippen LogP contribution in [0.5, 0.6) is 0 Å². The molecule has 0 saturated carbocycles. The van der Waals surface area contributed by atoms with Crippen molar-refractivity contribution in [1.82, 2.24) is 0 Å². The Balaban J connectivity index is 2.20. The van der Waals surface area contributed by atoms with Gasteiger partial charge in [0.2, 0.25) is 0 Å². The van der Waals surface area contributed by atoms with Crippen LogP contribution in [0.4, 0.5) is 11.4 Å². The van der Waals surface area contributed by atoms with E-state index in [2.05, 4.69) is 4.99 Å². The molecule has 0 atom stereocenters. The van der Waals surface area contributed by atoms with Crippen LogP contribution in [-0.4, -0.2) is 42.6 Å².